The van der Waals surface area contributed by atoms with Gasteiger partial charge in [-0.3, -0.25) is 9.59 Å². The van der Waals surface area contributed by atoms with E-state index < -0.39 is 5.92 Å². The monoisotopic (exact) mass is 366 g/mol. The SMILES string of the molecule is O=C1C2=C(OC(=O)[C@@H](Cc3ccccc3)[C@H]2c2ccccc2)c2ccccc21. The zero-order valence-electron chi connectivity index (χ0n) is 15.2. The zero-order chi connectivity index (χ0) is 19.1. The Morgan fingerprint density at radius 1 is 0.714 bits per heavy atom. The Kier molecular flexibility index (Phi) is 3.94. The first kappa shape index (κ1) is 16.7. The van der Waals surface area contributed by atoms with E-state index in [1.54, 1.807) is 6.07 Å². The van der Waals surface area contributed by atoms with Crippen LogP contribution in [-0.4, -0.2) is 11.8 Å². The topological polar surface area (TPSA) is 43.4 Å². The number of esters is 1. The van der Waals surface area contributed by atoms with Crippen molar-refractivity contribution in [1.29, 1.82) is 0 Å². The Labute approximate surface area is 163 Å². The van der Waals surface area contributed by atoms with Gasteiger partial charge in [0, 0.05) is 17.0 Å². The summed E-state index contributed by atoms with van der Waals surface area (Å²) in [4.78, 5) is 26.3. The lowest BCUT2D eigenvalue weighted by Crippen LogP contribution is -2.33. The summed E-state index contributed by atoms with van der Waals surface area (Å²) >= 11 is 0. The van der Waals surface area contributed by atoms with Crippen LogP contribution < -0.4 is 0 Å². The second-order valence-corrected chi connectivity index (χ2v) is 7.22. The molecule has 0 N–H and O–H groups in total. The van der Waals surface area contributed by atoms with E-state index in [-0.39, 0.29) is 17.7 Å². The fourth-order valence-corrected chi connectivity index (χ4v) is 4.31. The number of carbonyl (C=O) groups excluding carboxylic acids is 2. The van der Waals surface area contributed by atoms with Gasteiger partial charge in [0.1, 0.15) is 5.76 Å². The van der Waals surface area contributed by atoms with Crippen molar-refractivity contribution in [2.75, 3.05) is 0 Å². The van der Waals surface area contributed by atoms with Gasteiger partial charge in [-0.2, -0.15) is 0 Å². The van der Waals surface area contributed by atoms with Gasteiger partial charge >= 0.3 is 5.97 Å². The summed E-state index contributed by atoms with van der Waals surface area (Å²) in [6, 6.07) is 27.1. The Balaban J connectivity index is 1.66. The Morgan fingerprint density at radius 2 is 1.32 bits per heavy atom. The molecular weight excluding hydrogens is 348 g/mol. The van der Waals surface area contributed by atoms with Crippen LogP contribution in [0, 0.1) is 5.92 Å². The minimum Gasteiger partial charge on any atom is -0.425 e. The zero-order valence-corrected chi connectivity index (χ0v) is 15.2. The van der Waals surface area contributed by atoms with Crippen LogP contribution in [0.25, 0.3) is 5.76 Å². The Morgan fingerprint density at radius 3 is 2.04 bits per heavy atom. The van der Waals surface area contributed by atoms with Crippen LogP contribution in [0.1, 0.15) is 33.0 Å². The third-order valence-corrected chi connectivity index (χ3v) is 5.58. The van der Waals surface area contributed by atoms with E-state index in [0.717, 1.165) is 16.7 Å². The minimum absolute atomic E-state index is 0.0370. The maximum absolute atomic E-state index is 13.3. The molecule has 28 heavy (non-hydrogen) atoms. The molecule has 136 valence electrons. The lowest BCUT2D eigenvalue weighted by molar-refractivity contribution is -0.142. The molecule has 1 aliphatic carbocycles. The molecule has 3 heteroatoms. The van der Waals surface area contributed by atoms with Crippen LogP contribution in [-0.2, 0) is 16.0 Å². The van der Waals surface area contributed by atoms with Crippen LogP contribution in [0.4, 0.5) is 0 Å². The highest BCUT2D eigenvalue weighted by Gasteiger charge is 2.47. The number of benzene rings is 3. The number of Topliss-reactive ketones (excluding diaryl/α,β-unsaturated/α-hetero) is 1. The van der Waals surface area contributed by atoms with Crippen LogP contribution in [0.3, 0.4) is 0 Å². The molecule has 0 bridgehead atoms. The molecule has 5 rings (SSSR count). The van der Waals surface area contributed by atoms with Gasteiger partial charge in [-0.25, -0.2) is 0 Å². The lowest BCUT2D eigenvalue weighted by atomic mass is 9.75. The third-order valence-electron chi connectivity index (χ3n) is 5.58. The molecule has 2 aliphatic rings. The summed E-state index contributed by atoms with van der Waals surface area (Å²) in [5.41, 5.74) is 3.95. The number of rotatable bonds is 3. The van der Waals surface area contributed by atoms with Crippen molar-refractivity contribution in [2.45, 2.75) is 12.3 Å². The molecule has 3 aromatic carbocycles. The molecule has 1 aliphatic heterocycles. The van der Waals surface area contributed by atoms with E-state index in [0.29, 0.717) is 23.3 Å². The van der Waals surface area contributed by atoms with Crippen LogP contribution >= 0.6 is 0 Å². The molecule has 1 heterocycles. The smallest absolute Gasteiger partial charge is 0.315 e. The van der Waals surface area contributed by atoms with Crippen molar-refractivity contribution in [3.63, 3.8) is 0 Å². The van der Waals surface area contributed by atoms with Gasteiger partial charge in [0.05, 0.1) is 11.5 Å². The van der Waals surface area contributed by atoms with Gasteiger partial charge < -0.3 is 4.74 Å². The van der Waals surface area contributed by atoms with Crippen LogP contribution in [0.2, 0.25) is 0 Å². The molecule has 0 saturated carbocycles. The van der Waals surface area contributed by atoms with Crippen LogP contribution in [0.5, 0.6) is 0 Å². The molecule has 0 unspecified atom stereocenters. The van der Waals surface area contributed by atoms with Crippen molar-refractivity contribution >= 4 is 17.5 Å². The quantitative estimate of drug-likeness (QED) is 0.626. The molecule has 0 amide bonds. The first-order valence-corrected chi connectivity index (χ1v) is 9.43. The van der Waals surface area contributed by atoms with Gasteiger partial charge in [0.2, 0.25) is 0 Å². The molecule has 0 spiro atoms. The normalized spacial score (nSPS) is 20.6. The standard InChI is InChI=1S/C25H18O3/c26-23-18-13-7-8-14-19(18)24-22(23)21(17-11-5-2-6-12-17)20(25(27)28-24)15-16-9-3-1-4-10-16/h1-14,20-21H,15H2/t20-,21+/m0/s1. The molecular formula is C25H18O3. The van der Waals surface area contributed by atoms with E-state index >= 15 is 0 Å². The maximum Gasteiger partial charge on any atom is 0.315 e. The Bertz CT molecular complexity index is 1100. The highest BCUT2D eigenvalue weighted by atomic mass is 16.5. The average molecular weight is 366 g/mol. The number of ketones is 1. The predicted molar refractivity (Wildman–Crippen MR) is 107 cm³/mol. The molecule has 3 aromatic rings. The van der Waals surface area contributed by atoms with Gasteiger partial charge in [-0.05, 0) is 17.5 Å². The second kappa shape index (κ2) is 6.61. The number of carbonyl (C=O) groups is 2. The minimum atomic E-state index is -0.443. The fraction of sp³-hybridized carbons (Fsp3) is 0.120. The largest absolute Gasteiger partial charge is 0.425 e. The molecule has 0 fully saturated rings. The van der Waals surface area contributed by atoms with Gasteiger partial charge in [0.15, 0.2) is 5.78 Å². The molecule has 0 aromatic heterocycles. The summed E-state index contributed by atoms with van der Waals surface area (Å²) in [7, 11) is 0. The molecule has 0 saturated heterocycles. The van der Waals surface area contributed by atoms with E-state index in [4.69, 9.17) is 4.74 Å². The predicted octanol–water partition coefficient (Wildman–Crippen LogP) is 4.79. The van der Waals surface area contributed by atoms with Gasteiger partial charge in [0.25, 0.3) is 0 Å². The summed E-state index contributed by atoms with van der Waals surface area (Å²) in [5.74, 6) is -0.644. The van der Waals surface area contributed by atoms with Gasteiger partial charge in [-0.1, -0.05) is 84.9 Å². The third kappa shape index (κ3) is 2.59. The molecule has 3 nitrogen and oxygen atoms in total. The summed E-state index contributed by atoms with van der Waals surface area (Å²) in [6.45, 7) is 0. The van der Waals surface area contributed by atoms with Crippen molar-refractivity contribution in [2.24, 2.45) is 5.92 Å². The molecule has 0 radical (unpaired) electrons. The summed E-state index contributed by atoms with van der Waals surface area (Å²) in [6.07, 6.45) is 0.527. The van der Waals surface area contributed by atoms with E-state index in [9.17, 15) is 9.59 Å². The molecule has 2 atom stereocenters. The lowest BCUT2D eigenvalue weighted by Gasteiger charge is -2.31. The number of hydrogen-bond donors (Lipinski definition) is 0. The highest BCUT2D eigenvalue weighted by Crippen LogP contribution is 2.48. The summed E-state index contributed by atoms with van der Waals surface area (Å²) < 4.78 is 5.76. The van der Waals surface area contributed by atoms with Crippen molar-refractivity contribution in [3.8, 4) is 0 Å². The second-order valence-electron chi connectivity index (χ2n) is 7.22. The number of fused-ring (bicyclic) bond motifs is 2. The van der Waals surface area contributed by atoms with Crippen molar-refractivity contribution in [3.05, 3.63) is 113 Å². The first-order chi connectivity index (χ1) is 13.7. The highest BCUT2D eigenvalue weighted by molar-refractivity contribution is 6.22. The van der Waals surface area contributed by atoms with E-state index in [2.05, 4.69) is 0 Å². The first-order valence-electron chi connectivity index (χ1n) is 9.43. The Hall–Kier alpha value is -3.46. The van der Waals surface area contributed by atoms with Crippen molar-refractivity contribution in [1.82, 2.24) is 0 Å². The number of allylic oxidation sites excluding steroid dienone is 1. The number of ether oxygens (including phenoxy) is 1. The van der Waals surface area contributed by atoms with Gasteiger partial charge in [-0.15, -0.1) is 0 Å². The van der Waals surface area contributed by atoms with Crippen LogP contribution in [0.15, 0.2) is 90.5 Å². The van der Waals surface area contributed by atoms with Crippen molar-refractivity contribution < 1.29 is 14.3 Å². The van der Waals surface area contributed by atoms with E-state index in [1.807, 2.05) is 78.9 Å². The average Bonchev–Trinajstić information content (AvgIpc) is 3.02. The van der Waals surface area contributed by atoms with E-state index in [1.165, 1.54) is 0 Å². The number of hydrogen-bond acceptors (Lipinski definition) is 3. The summed E-state index contributed by atoms with van der Waals surface area (Å²) in [5, 5.41) is 0. The fourth-order valence-electron chi connectivity index (χ4n) is 4.31. The maximum atomic E-state index is 13.3.